The number of carbonyl (C=O) groups is 2. The molecule has 2 heterocycles. The summed E-state index contributed by atoms with van der Waals surface area (Å²) < 4.78 is 31.0. The lowest BCUT2D eigenvalue weighted by atomic mass is 9.92. The second kappa shape index (κ2) is 9.21. The van der Waals surface area contributed by atoms with Crippen molar-refractivity contribution >= 4 is 72.6 Å². The van der Waals surface area contributed by atoms with Crippen LogP contribution in [0.5, 0.6) is 0 Å². The zero-order valence-corrected chi connectivity index (χ0v) is 22.4. The minimum absolute atomic E-state index is 0.0695. The summed E-state index contributed by atoms with van der Waals surface area (Å²) in [6.07, 6.45) is 1.29. The number of primary amides is 1. The van der Waals surface area contributed by atoms with Gasteiger partial charge in [0.15, 0.2) is 5.03 Å². The van der Waals surface area contributed by atoms with Gasteiger partial charge in [0, 0.05) is 20.9 Å². The topological polar surface area (TPSA) is 127 Å². The van der Waals surface area contributed by atoms with Gasteiger partial charge in [0.1, 0.15) is 5.54 Å². The molecular weight excluding hydrogens is 581 g/mol. The van der Waals surface area contributed by atoms with E-state index in [9.17, 15) is 18.0 Å². The number of sulfonamides is 1. The molecule has 13 heteroatoms. The molecule has 2 aromatic carbocycles. The number of rotatable bonds is 7. The van der Waals surface area contributed by atoms with Crippen LogP contribution in [0, 0.1) is 0 Å². The van der Waals surface area contributed by atoms with E-state index in [1.165, 1.54) is 34.6 Å². The Balaban J connectivity index is 1.91. The predicted octanol–water partition coefficient (Wildman–Crippen LogP) is 3.74. The number of nitrogens with zero attached hydrogens (tertiary/aromatic N) is 3. The van der Waals surface area contributed by atoms with Crippen LogP contribution in [0.15, 0.2) is 58.2 Å². The molecule has 0 spiro atoms. The minimum Gasteiger partial charge on any atom is -0.368 e. The van der Waals surface area contributed by atoms with E-state index in [0.717, 1.165) is 16.2 Å². The Morgan fingerprint density at radius 3 is 2.37 bits per heavy atom. The van der Waals surface area contributed by atoms with Crippen LogP contribution in [-0.2, 0) is 31.6 Å². The van der Waals surface area contributed by atoms with Gasteiger partial charge in [-0.15, -0.1) is 0 Å². The first kappa shape index (κ1) is 25.6. The summed E-state index contributed by atoms with van der Waals surface area (Å²) in [6, 6.07) is 10.7. The van der Waals surface area contributed by atoms with Crippen LogP contribution >= 0.6 is 39.1 Å². The lowest BCUT2D eigenvalue weighted by Crippen LogP contribution is -2.45. The smallest absolute Gasteiger partial charge is 0.260 e. The average Bonchev–Trinajstić information content (AvgIpc) is 3.28. The second-order valence-electron chi connectivity index (χ2n) is 8.32. The summed E-state index contributed by atoms with van der Waals surface area (Å²) in [6.45, 7) is 2.96. The Morgan fingerprint density at radius 1 is 1.20 bits per heavy atom. The van der Waals surface area contributed by atoms with E-state index in [0.29, 0.717) is 15.7 Å². The third kappa shape index (κ3) is 4.70. The van der Waals surface area contributed by atoms with E-state index in [2.05, 4.69) is 25.6 Å². The molecule has 2 amide bonds. The number of carbonyl (C=O) groups excluding carboxylic acids is 2. The first-order valence-corrected chi connectivity index (χ1v) is 13.3. The number of nitrogens with one attached hydrogen (secondary N) is 1. The van der Waals surface area contributed by atoms with Gasteiger partial charge in [-0.2, -0.15) is 4.72 Å². The number of halogens is 3. The maximum atomic E-state index is 13.9. The molecule has 0 radical (unpaired) electrons. The number of hydrogen-bond donors (Lipinski definition) is 2. The Labute approximate surface area is 220 Å². The zero-order valence-electron chi connectivity index (χ0n) is 18.5. The number of nitrogens with two attached hydrogens (primary N) is 1. The van der Waals surface area contributed by atoms with Crippen molar-refractivity contribution in [2.45, 2.75) is 36.9 Å². The number of aromatic nitrogens is 2. The fourth-order valence-electron chi connectivity index (χ4n) is 3.97. The molecule has 2 atom stereocenters. The standard InChI is InChI=1S/C22H20BrCl2N5O4S/c1-12(19(26)31)28-35(33,34)18-11-27-21-29(17-8-15(24)7-16(25)9-17)20(32)22(2,30(18)21)10-13-3-5-14(23)6-4-13/h3-9,11-12,28H,10H2,1-2H3,(H2,26,31)/t12-,22+/m0/s1. The van der Waals surface area contributed by atoms with Crippen LogP contribution < -0.4 is 15.4 Å². The first-order valence-electron chi connectivity index (χ1n) is 10.3. The molecule has 1 aliphatic heterocycles. The lowest BCUT2D eigenvalue weighted by molar-refractivity contribution is -0.124. The highest BCUT2D eigenvalue weighted by molar-refractivity contribution is 9.10. The molecule has 35 heavy (non-hydrogen) atoms. The fraction of sp³-hybridized carbons (Fsp3) is 0.227. The van der Waals surface area contributed by atoms with Crippen molar-refractivity contribution in [3.05, 3.63) is 68.7 Å². The Hall–Kier alpha value is -2.44. The van der Waals surface area contributed by atoms with Gasteiger partial charge in [-0.3, -0.25) is 14.2 Å². The van der Waals surface area contributed by atoms with Gasteiger partial charge in [0.2, 0.25) is 11.9 Å². The van der Waals surface area contributed by atoms with Crippen molar-refractivity contribution in [1.29, 1.82) is 0 Å². The third-order valence-corrected chi connectivity index (χ3v) is 8.14. The highest BCUT2D eigenvalue weighted by atomic mass is 79.9. The zero-order chi connectivity index (χ0) is 25.7. The normalized spacial score (nSPS) is 18.5. The molecule has 184 valence electrons. The molecule has 1 aromatic heterocycles. The molecule has 0 saturated heterocycles. The summed E-state index contributed by atoms with van der Waals surface area (Å²) in [5.41, 5.74) is 4.97. The molecular formula is C22H20BrCl2N5O4S. The maximum absolute atomic E-state index is 13.9. The van der Waals surface area contributed by atoms with Crippen LogP contribution in [0.25, 0.3) is 0 Å². The first-order chi connectivity index (χ1) is 16.3. The Morgan fingerprint density at radius 2 is 1.80 bits per heavy atom. The SMILES string of the molecule is C[C@H](NS(=O)(=O)c1cnc2n1[C@](C)(Cc1ccc(Br)cc1)C(=O)N2c1cc(Cl)cc(Cl)c1)C(N)=O. The van der Waals surface area contributed by atoms with E-state index in [1.807, 2.05) is 24.3 Å². The number of amides is 2. The van der Waals surface area contributed by atoms with Crippen LogP contribution in [-0.4, -0.2) is 35.8 Å². The summed E-state index contributed by atoms with van der Waals surface area (Å²) in [7, 11) is -4.29. The second-order valence-corrected chi connectivity index (χ2v) is 11.8. The van der Waals surface area contributed by atoms with E-state index in [4.69, 9.17) is 28.9 Å². The van der Waals surface area contributed by atoms with Gasteiger partial charge in [0.05, 0.1) is 17.9 Å². The van der Waals surface area contributed by atoms with Crippen LogP contribution in [0.1, 0.15) is 19.4 Å². The van der Waals surface area contributed by atoms with E-state index < -0.39 is 33.4 Å². The monoisotopic (exact) mass is 599 g/mol. The average molecular weight is 601 g/mol. The highest BCUT2D eigenvalue weighted by Gasteiger charge is 2.52. The number of benzene rings is 2. The van der Waals surface area contributed by atoms with Gasteiger partial charge in [0.25, 0.3) is 15.9 Å². The fourth-order valence-corrected chi connectivity index (χ4v) is 6.17. The van der Waals surface area contributed by atoms with Gasteiger partial charge in [-0.1, -0.05) is 51.3 Å². The van der Waals surface area contributed by atoms with Crippen molar-refractivity contribution in [3.8, 4) is 0 Å². The summed E-state index contributed by atoms with van der Waals surface area (Å²) in [5.74, 6) is -1.21. The van der Waals surface area contributed by atoms with Crippen LogP contribution in [0.4, 0.5) is 11.6 Å². The van der Waals surface area contributed by atoms with Crippen molar-refractivity contribution in [2.75, 3.05) is 4.90 Å². The van der Waals surface area contributed by atoms with Crippen molar-refractivity contribution in [3.63, 3.8) is 0 Å². The Bertz CT molecular complexity index is 1420. The molecule has 0 aliphatic carbocycles. The van der Waals surface area contributed by atoms with Crippen molar-refractivity contribution in [1.82, 2.24) is 14.3 Å². The van der Waals surface area contributed by atoms with E-state index in [1.54, 1.807) is 6.92 Å². The maximum Gasteiger partial charge on any atom is 0.260 e. The molecule has 3 N–H and O–H groups in total. The molecule has 1 aliphatic rings. The van der Waals surface area contributed by atoms with Crippen LogP contribution in [0.2, 0.25) is 10.0 Å². The molecule has 4 rings (SSSR count). The summed E-state index contributed by atoms with van der Waals surface area (Å²) in [4.78, 5) is 31.0. The van der Waals surface area contributed by atoms with Crippen molar-refractivity contribution in [2.24, 2.45) is 5.73 Å². The third-order valence-electron chi connectivity index (χ3n) is 5.67. The molecule has 0 fully saturated rings. The molecule has 0 unspecified atom stereocenters. The van der Waals surface area contributed by atoms with E-state index in [-0.39, 0.29) is 17.4 Å². The number of anilines is 2. The van der Waals surface area contributed by atoms with Gasteiger partial charge < -0.3 is 5.73 Å². The predicted molar refractivity (Wildman–Crippen MR) is 136 cm³/mol. The summed E-state index contributed by atoms with van der Waals surface area (Å²) >= 11 is 15.7. The molecule has 3 aromatic rings. The van der Waals surface area contributed by atoms with Gasteiger partial charge in [-0.05, 0) is 49.7 Å². The molecule has 9 nitrogen and oxygen atoms in total. The number of hydrogen-bond acceptors (Lipinski definition) is 5. The minimum atomic E-state index is -4.29. The van der Waals surface area contributed by atoms with Crippen molar-refractivity contribution < 1.29 is 18.0 Å². The summed E-state index contributed by atoms with van der Waals surface area (Å²) in [5, 5.41) is 0.304. The quantitative estimate of drug-likeness (QED) is 0.427. The Kier molecular flexibility index (Phi) is 6.75. The van der Waals surface area contributed by atoms with Gasteiger partial charge in [-0.25, -0.2) is 18.3 Å². The molecule has 0 bridgehead atoms. The lowest BCUT2D eigenvalue weighted by Gasteiger charge is -2.27. The van der Waals surface area contributed by atoms with E-state index >= 15 is 0 Å². The van der Waals surface area contributed by atoms with Crippen LogP contribution in [0.3, 0.4) is 0 Å². The number of imidazole rings is 1. The highest BCUT2D eigenvalue weighted by Crippen LogP contribution is 2.44. The van der Waals surface area contributed by atoms with Gasteiger partial charge >= 0.3 is 0 Å². The largest absolute Gasteiger partial charge is 0.368 e. The number of fused-ring (bicyclic) bond motifs is 1. The molecule has 0 saturated carbocycles.